The molecule has 0 aromatic carbocycles. The van der Waals surface area contributed by atoms with Gasteiger partial charge in [-0.3, -0.25) is 0 Å². The van der Waals surface area contributed by atoms with E-state index >= 15 is 0 Å². The van der Waals surface area contributed by atoms with Crippen molar-refractivity contribution in [3.8, 4) is 0 Å². The molecule has 0 amide bonds. The lowest BCUT2D eigenvalue weighted by Crippen LogP contribution is -2.52. The van der Waals surface area contributed by atoms with Gasteiger partial charge in [0.15, 0.2) is 0 Å². The van der Waals surface area contributed by atoms with Crippen LogP contribution >= 0.6 is 24.8 Å². The molecule has 0 radical (unpaired) electrons. The van der Waals surface area contributed by atoms with E-state index in [1.165, 1.54) is 12.2 Å². The summed E-state index contributed by atoms with van der Waals surface area (Å²) >= 11 is 0. The summed E-state index contributed by atoms with van der Waals surface area (Å²) in [5.74, 6) is 0. The van der Waals surface area contributed by atoms with E-state index < -0.39 is 11.7 Å². The fourth-order valence-electron chi connectivity index (χ4n) is 0.878. The van der Waals surface area contributed by atoms with E-state index in [1.807, 2.05) is 0 Å². The summed E-state index contributed by atoms with van der Waals surface area (Å²) in [4.78, 5) is 0. The molecule has 0 heterocycles. The molecule has 0 spiro atoms. The zero-order chi connectivity index (χ0) is 9.41. The van der Waals surface area contributed by atoms with Gasteiger partial charge < -0.3 is 11.5 Å². The molecule has 2 nitrogen and oxygen atoms in total. The van der Waals surface area contributed by atoms with E-state index in [9.17, 15) is 13.2 Å². The largest absolute Gasteiger partial charge is 0.410 e. The van der Waals surface area contributed by atoms with Gasteiger partial charge >= 0.3 is 6.18 Å². The predicted octanol–water partition coefficient (Wildman–Crippen LogP) is 1.89. The summed E-state index contributed by atoms with van der Waals surface area (Å²) < 4.78 is 36.6. The van der Waals surface area contributed by atoms with E-state index in [-0.39, 0.29) is 31.2 Å². The number of halogens is 5. The second kappa shape index (κ2) is 4.91. The fraction of sp³-hybridized carbons (Fsp3) is 0.429. The molecule has 84 valence electrons. The van der Waals surface area contributed by atoms with Gasteiger partial charge in [-0.25, -0.2) is 0 Å². The first kappa shape index (κ1) is 16.1. The van der Waals surface area contributed by atoms with Gasteiger partial charge in [0, 0.05) is 5.70 Å². The molecule has 1 aliphatic carbocycles. The smallest absolute Gasteiger partial charge is 0.399 e. The second-order valence-electron chi connectivity index (χ2n) is 2.78. The van der Waals surface area contributed by atoms with Gasteiger partial charge in [-0.15, -0.1) is 24.8 Å². The van der Waals surface area contributed by atoms with E-state index in [0.717, 1.165) is 6.08 Å². The molecule has 4 N–H and O–H groups in total. The zero-order valence-corrected chi connectivity index (χ0v) is 8.68. The predicted molar refractivity (Wildman–Crippen MR) is 53.5 cm³/mol. The van der Waals surface area contributed by atoms with Crippen LogP contribution in [0.15, 0.2) is 23.9 Å². The third-order valence-electron chi connectivity index (χ3n) is 1.78. The summed E-state index contributed by atoms with van der Waals surface area (Å²) in [5.41, 5.74) is 8.42. The van der Waals surface area contributed by atoms with Crippen LogP contribution in [-0.2, 0) is 0 Å². The van der Waals surface area contributed by atoms with Gasteiger partial charge in [0.1, 0.15) is 5.54 Å². The Bertz CT molecular complexity index is 250. The molecule has 0 aromatic heterocycles. The molecule has 1 aliphatic rings. The Labute approximate surface area is 92.0 Å². The lowest BCUT2D eigenvalue weighted by atomic mass is 9.91. The number of nitrogens with two attached hydrogens (primary N) is 2. The maximum atomic E-state index is 12.2. The van der Waals surface area contributed by atoms with Crippen molar-refractivity contribution < 1.29 is 13.2 Å². The van der Waals surface area contributed by atoms with Crippen molar-refractivity contribution in [1.29, 1.82) is 0 Å². The average Bonchev–Trinajstić information content (AvgIpc) is 1.93. The number of allylic oxidation sites excluding steroid dienone is 1. The highest BCUT2D eigenvalue weighted by Crippen LogP contribution is 2.34. The van der Waals surface area contributed by atoms with Crippen LogP contribution in [0.5, 0.6) is 0 Å². The van der Waals surface area contributed by atoms with Crippen molar-refractivity contribution in [3.05, 3.63) is 23.9 Å². The first-order chi connectivity index (χ1) is 5.35. The number of alkyl halides is 3. The topological polar surface area (TPSA) is 52.0 Å². The van der Waals surface area contributed by atoms with Crippen molar-refractivity contribution in [1.82, 2.24) is 0 Å². The first-order valence-electron chi connectivity index (χ1n) is 3.36. The molecule has 0 aromatic rings. The van der Waals surface area contributed by atoms with Gasteiger partial charge in [-0.05, 0) is 12.5 Å². The van der Waals surface area contributed by atoms with Crippen LogP contribution in [-0.4, -0.2) is 11.7 Å². The molecule has 1 rings (SSSR count). The molecular formula is C7H11Cl2F3N2. The molecule has 0 saturated heterocycles. The van der Waals surface area contributed by atoms with Crippen molar-refractivity contribution >= 4 is 24.8 Å². The molecular weight excluding hydrogens is 240 g/mol. The monoisotopic (exact) mass is 250 g/mol. The Morgan fingerprint density at radius 1 is 1.29 bits per heavy atom. The van der Waals surface area contributed by atoms with Crippen molar-refractivity contribution in [2.75, 3.05) is 0 Å². The minimum atomic E-state index is -4.42. The fourth-order valence-corrected chi connectivity index (χ4v) is 0.878. The van der Waals surface area contributed by atoms with Gasteiger partial charge in [0.25, 0.3) is 0 Å². The minimum absolute atomic E-state index is 0. The Morgan fingerprint density at radius 2 is 1.79 bits per heavy atom. The maximum absolute atomic E-state index is 12.2. The van der Waals surface area contributed by atoms with Gasteiger partial charge in [-0.1, -0.05) is 12.2 Å². The van der Waals surface area contributed by atoms with E-state index in [2.05, 4.69) is 0 Å². The Morgan fingerprint density at radius 3 is 2.07 bits per heavy atom. The number of hydrogen-bond acceptors (Lipinski definition) is 2. The van der Waals surface area contributed by atoms with Gasteiger partial charge in [-0.2, -0.15) is 13.2 Å². The highest BCUT2D eigenvalue weighted by molar-refractivity contribution is 5.85. The van der Waals surface area contributed by atoms with E-state index in [1.54, 1.807) is 0 Å². The third-order valence-corrected chi connectivity index (χ3v) is 1.78. The Hall–Kier alpha value is -0.390. The van der Waals surface area contributed by atoms with E-state index in [0.29, 0.717) is 5.70 Å². The lowest BCUT2D eigenvalue weighted by molar-refractivity contribution is -0.170. The SMILES string of the molecule is Cl.Cl.NC1=CCC(N)(C(F)(F)F)C=C1. The van der Waals surface area contributed by atoms with Gasteiger partial charge in [0.2, 0.25) is 0 Å². The highest BCUT2D eigenvalue weighted by Gasteiger charge is 2.49. The zero-order valence-electron chi connectivity index (χ0n) is 7.04. The molecule has 1 unspecified atom stereocenters. The summed E-state index contributed by atoms with van der Waals surface area (Å²) in [6.07, 6.45) is -1.37. The molecule has 0 aliphatic heterocycles. The van der Waals surface area contributed by atoms with Gasteiger partial charge in [0.05, 0.1) is 0 Å². The van der Waals surface area contributed by atoms with Crippen LogP contribution in [0.25, 0.3) is 0 Å². The first-order valence-corrected chi connectivity index (χ1v) is 3.36. The maximum Gasteiger partial charge on any atom is 0.410 e. The summed E-state index contributed by atoms with van der Waals surface area (Å²) in [6, 6.07) is 0. The van der Waals surface area contributed by atoms with Crippen molar-refractivity contribution in [3.63, 3.8) is 0 Å². The quantitative estimate of drug-likeness (QED) is 0.690. The normalized spacial score (nSPS) is 25.9. The molecule has 1 atom stereocenters. The Balaban J connectivity index is 0. The summed E-state index contributed by atoms with van der Waals surface area (Å²) in [5, 5.41) is 0. The minimum Gasteiger partial charge on any atom is -0.399 e. The lowest BCUT2D eigenvalue weighted by Gasteiger charge is -2.29. The summed E-state index contributed by atoms with van der Waals surface area (Å²) in [7, 11) is 0. The molecule has 0 bridgehead atoms. The third kappa shape index (κ3) is 3.08. The molecule has 7 heteroatoms. The van der Waals surface area contributed by atoms with Crippen molar-refractivity contribution in [2.24, 2.45) is 11.5 Å². The Kier molecular flexibility index (Phi) is 5.63. The standard InChI is InChI=1S/C7H9F3N2.2ClH/c8-7(9,10)6(12)3-1-5(11)2-4-6;;/h1-3H,4,11-12H2;2*1H. The second-order valence-corrected chi connectivity index (χ2v) is 2.78. The molecule has 0 saturated carbocycles. The average molecular weight is 251 g/mol. The highest BCUT2D eigenvalue weighted by atomic mass is 35.5. The van der Waals surface area contributed by atoms with Crippen LogP contribution in [0, 0.1) is 0 Å². The van der Waals surface area contributed by atoms with Crippen molar-refractivity contribution in [2.45, 2.75) is 18.1 Å². The van der Waals surface area contributed by atoms with Crippen LogP contribution in [0.3, 0.4) is 0 Å². The van der Waals surface area contributed by atoms with Crippen LogP contribution in [0.1, 0.15) is 6.42 Å². The number of rotatable bonds is 0. The van der Waals surface area contributed by atoms with E-state index in [4.69, 9.17) is 11.5 Å². The summed E-state index contributed by atoms with van der Waals surface area (Å²) in [6.45, 7) is 0. The number of hydrogen-bond donors (Lipinski definition) is 2. The molecule has 14 heavy (non-hydrogen) atoms. The molecule has 0 fully saturated rings. The van der Waals surface area contributed by atoms with Crippen LogP contribution < -0.4 is 11.5 Å². The van der Waals surface area contributed by atoms with Crippen LogP contribution in [0.2, 0.25) is 0 Å². The van der Waals surface area contributed by atoms with Crippen LogP contribution in [0.4, 0.5) is 13.2 Å².